The normalized spacial score (nSPS) is 10.8. The molecule has 1 N–H and O–H groups in total. The van der Waals surface area contributed by atoms with Gasteiger partial charge in [-0.2, -0.15) is 5.10 Å². The SMILES string of the molecule is CC(C)N(CC(=O)O)C(=O)c1ccn(-c2ccc(Cl)cc2Cl)n1. The van der Waals surface area contributed by atoms with Crippen molar-refractivity contribution in [2.24, 2.45) is 0 Å². The molecule has 2 rings (SSSR count). The van der Waals surface area contributed by atoms with Crippen molar-refractivity contribution in [3.8, 4) is 5.69 Å². The quantitative estimate of drug-likeness (QED) is 0.893. The van der Waals surface area contributed by atoms with Gasteiger partial charge >= 0.3 is 5.97 Å². The van der Waals surface area contributed by atoms with E-state index >= 15 is 0 Å². The van der Waals surface area contributed by atoms with E-state index < -0.39 is 11.9 Å². The highest BCUT2D eigenvalue weighted by Crippen LogP contribution is 2.24. The Hall–Kier alpha value is -2.05. The summed E-state index contributed by atoms with van der Waals surface area (Å²) >= 11 is 12.0. The number of aromatic nitrogens is 2. The Bertz CT molecular complexity index is 743. The number of rotatable bonds is 5. The summed E-state index contributed by atoms with van der Waals surface area (Å²) < 4.78 is 1.45. The molecule has 8 heteroatoms. The second-order valence-electron chi connectivity index (χ2n) is 5.16. The number of amides is 1. The van der Waals surface area contributed by atoms with Crippen molar-refractivity contribution in [2.45, 2.75) is 19.9 Å². The van der Waals surface area contributed by atoms with Gasteiger partial charge in [0.15, 0.2) is 5.69 Å². The molecule has 122 valence electrons. The van der Waals surface area contributed by atoms with Crippen LogP contribution in [-0.4, -0.2) is 44.3 Å². The molecule has 0 bridgehead atoms. The van der Waals surface area contributed by atoms with Crippen molar-refractivity contribution >= 4 is 35.1 Å². The molecule has 23 heavy (non-hydrogen) atoms. The summed E-state index contributed by atoms with van der Waals surface area (Å²) in [6.07, 6.45) is 1.58. The van der Waals surface area contributed by atoms with Crippen molar-refractivity contribution in [2.75, 3.05) is 6.54 Å². The standard InChI is InChI=1S/C15H15Cl2N3O3/c1-9(2)19(8-14(21)22)15(23)12-5-6-20(18-12)13-4-3-10(16)7-11(13)17/h3-7,9H,8H2,1-2H3,(H,21,22). The molecule has 2 aromatic rings. The summed E-state index contributed by atoms with van der Waals surface area (Å²) in [7, 11) is 0. The van der Waals surface area contributed by atoms with Gasteiger partial charge in [0, 0.05) is 17.3 Å². The zero-order chi connectivity index (χ0) is 17.1. The number of aliphatic carboxylic acids is 1. The Labute approximate surface area is 143 Å². The maximum absolute atomic E-state index is 12.4. The molecule has 1 amide bonds. The largest absolute Gasteiger partial charge is 0.480 e. The van der Waals surface area contributed by atoms with E-state index in [1.54, 1.807) is 38.2 Å². The molecule has 0 aliphatic rings. The van der Waals surface area contributed by atoms with Crippen LogP contribution in [0.2, 0.25) is 10.0 Å². The minimum Gasteiger partial charge on any atom is -0.480 e. The van der Waals surface area contributed by atoms with Gasteiger partial charge in [0.25, 0.3) is 5.91 Å². The topological polar surface area (TPSA) is 75.4 Å². The fourth-order valence-corrected chi connectivity index (χ4v) is 2.52. The van der Waals surface area contributed by atoms with Gasteiger partial charge < -0.3 is 10.0 Å². The molecule has 0 aliphatic carbocycles. The van der Waals surface area contributed by atoms with Crippen molar-refractivity contribution < 1.29 is 14.7 Å². The molecular weight excluding hydrogens is 341 g/mol. The van der Waals surface area contributed by atoms with Crippen LogP contribution in [0.4, 0.5) is 0 Å². The minimum absolute atomic E-state index is 0.144. The lowest BCUT2D eigenvalue weighted by Gasteiger charge is -2.23. The molecular formula is C15H15Cl2N3O3. The second kappa shape index (κ2) is 7.02. The summed E-state index contributed by atoms with van der Waals surface area (Å²) in [5.74, 6) is -1.53. The van der Waals surface area contributed by atoms with E-state index in [-0.39, 0.29) is 18.3 Å². The molecule has 0 saturated carbocycles. The van der Waals surface area contributed by atoms with E-state index in [1.165, 1.54) is 15.6 Å². The summed E-state index contributed by atoms with van der Waals surface area (Å²) in [6.45, 7) is 3.10. The van der Waals surface area contributed by atoms with E-state index in [4.69, 9.17) is 28.3 Å². The highest BCUT2D eigenvalue weighted by atomic mass is 35.5. The smallest absolute Gasteiger partial charge is 0.323 e. The van der Waals surface area contributed by atoms with Crippen LogP contribution in [0.25, 0.3) is 5.69 Å². The first-order valence-corrected chi connectivity index (χ1v) is 7.59. The van der Waals surface area contributed by atoms with Gasteiger partial charge in [0.1, 0.15) is 6.54 Å². The lowest BCUT2D eigenvalue weighted by molar-refractivity contribution is -0.138. The fraction of sp³-hybridized carbons (Fsp3) is 0.267. The number of carbonyl (C=O) groups is 2. The molecule has 1 aromatic carbocycles. The average Bonchev–Trinajstić information content (AvgIpc) is 2.93. The van der Waals surface area contributed by atoms with Gasteiger partial charge in [-0.1, -0.05) is 23.2 Å². The Kier molecular flexibility index (Phi) is 5.28. The molecule has 0 spiro atoms. The number of halogens is 2. The predicted octanol–water partition coefficient (Wildman–Crippen LogP) is 3.11. The first-order valence-electron chi connectivity index (χ1n) is 6.83. The first-order chi connectivity index (χ1) is 10.8. The molecule has 6 nitrogen and oxygen atoms in total. The van der Waals surface area contributed by atoms with E-state index in [0.717, 1.165) is 0 Å². The van der Waals surface area contributed by atoms with Gasteiger partial charge in [-0.25, -0.2) is 4.68 Å². The third-order valence-corrected chi connectivity index (χ3v) is 3.69. The zero-order valence-corrected chi connectivity index (χ0v) is 14.0. The number of carboxylic acid groups (broad SMARTS) is 1. The van der Waals surface area contributed by atoms with E-state index in [1.807, 2.05) is 0 Å². The van der Waals surface area contributed by atoms with Crippen molar-refractivity contribution in [3.63, 3.8) is 0 Å². The van der Waals surface area contributed by atoms with Crippen molar-refractivity contribution in [1.82, 2.24) is 14.7 Å². The summed E-state index contributed by atoms with van der Waals surface area (Å²) in [5.41, 5.74) is 0.718. The number of benzene rings is 1. The Morgan fingerprint density at radius 3 is 2.57 bits per heavy atom. The lowest BCUT2D eigenvalue weighted by atomic mass is 10.2. The third-order valence-electron chi connectivity index (χ3n) is 3.15. The zero-order valence-electron chi connectivity index (χ0n) is 12.5. The summed E-state index contributed by atoms with van der Waals surface area (Å²) in [6, 6.07) is 6.18. The average molecular weight is 356 g/mol. The van der Waals surface area contributed by atoms with Gasteiger partial charge in [0.05, 0.1) is 10.7 Å². The highest BCUT2D eigenvalue weighted by Gasteiger charge is 2.23. The van der Waals surface area contributed by atoms with Crippen LogP contribution in [0.3, 0.4) is 0 Å². The third kappa shape index (κ3) is 4.03. The van der Waals surface area contributed by atoms with Crippen LogP contribution in [0.5, 0.6) is 0 Å². The van der Waals surface area contributed by atoms with Gasteiger partial charge in [-0.3, -0.25) is 9.59 Å². The van der Waals surface area contributed by atoms with Gasteiger partial charge in [0.2, 0.25) is 0 Å². The molecule has 0 saturated heterocycles. The molecule has 0 fully saturated rings. The molecule has 0 aliphatic heterocycles. The fourth-order valence-electron chi connectivity index (χ4n) is 2.02. The van der Waals surface area contributed by atoms with E-state index in [2.05, 4.69) is 5.10 Å². The Morgan fingerprint density at radius 2 is 2.00 bits per heavy atom. The second-order valence-corrected chi connectivity index (χ2v) is 6.01. The monoisotopic (exact) mass is 355 g/mol. The van der Waals surface area contributed by atoms with Crippen LogP contribution < -0.4 is 0 Å². The summed E-state index contributed by atoms with van der Waals surface area (Å²) in [5, 5.41) is 14.0. The maximum Gasteiger partial charge on any atom is 0.323 e. The number of carboxylic acids is 1. The van der Waals surface area contributed by atoms with Crippen LogP contribution in [-0.2, 0) is 4.79 Å². The van der Waals surface area contributed by atoms with Crippen LogP contribution in [0, 0.1) is 0 Å². The lowest BCUT2D eigenvalue weighted by Crippen LogP contribution is -2.40. The Morgan fingerprint density at radius 1 is 1.30 bits per heavy atom. The van der Waals surface area contributed by atoms with Gasteiger partial charge in [-0.15, -0.1) is 0 Å². The molecule has 0 atom stereocenters. The van der Waals surface area contributed by atoms with Crippen LogP contribution in [0.15, 0.2) is 30.5 Å². The van der Waals surface area contributed by atoms with Crippen LogP contribution in [0.1, 0.15) is 24.3 Å². The number of hydrogen-bond acceptors (Lipinski definition) is 3. The van der Waals surface area contributed by atoms with Crippen LogP contribution >= 0.6 is 23.2 Å². The molecule has 1 heterocycles. The Balaban J connectivity index is 2.30. The predicted molar refractivity (Wildman–Crippen MR) is 87.4 cm³/mol. The summed E-state index contributed by atoms with van der Waals surface area (Å²) in [4.78, 5) is 24.6. The van der Waals surface area contributed by atoms with E-state index in [9.17, 15) is 9.59 Å². The maximum atomic E-state index is 12.4. The first kappa shape index (κ1) is 17.3. The molecule has 0 unspecified atom stereocenters. The number of nitrogens with zero attached hydrogens (tertiary/aromatic N) is 3. The van der Waals surface area contributed by atoms with E-state index in [0.29, 0.717) is 15.7 Å². The molecule has 1 aromatic heterocycles. The minimum atomic E-state index is -1.08. The number of hydrogen-bond donors (Lipinski definition) is 1. The van der Waals surface area contributed by atoms with Crippen molar-refractivity contribution in [3.05, 3.63) is 46.2 Å². The van der Waals surface area contributed by atoms with Gasteiger partial charge in [-0.05, 0) is 38.1 Å². The highest BCUT2D eigenvalue weighted by molar-refractivity contribution is 6.35. The number of carbonyl (C=O) groups excluding carboxylic acids is 1. The van der Waals surface area contributed by atoms with Crippen molar-refractivity contribution in [1.29, 1.82) is 0 Å². The molecule has 0 radical (unpaired) electrons.